The Kier molecular flexibility index (Phi) is 4.24. The molecule has 1 saturated heterocycles. The van der Waals surface area contributed by atoms with Gasteiger partial charge in [-0.05, 0) is 43.4 Å². The van der Waals surface area contributed by atoms with Gasteiger partial charge < -0.3 is 15.2 Å². The molecule has 7 nitrogen and oxygen atoms in total. The highest BCUT2D eigenvalue weighted by Gasteiger charge is 2.24. The Hall–Kier alpha value is -2.93. The van der Waals surface area contributed by atoms with Crippen LogP contribution in [0.4, 0.5) is 0 Å². The van der Waals surface area contributed by atoms with E-state index < -0.39 is 0 Å². The van der Waals surface area contributed by atoms with Crippen LogP contribution in [-0.2, 0) is 0 Å². The molecule has 1 aliphatic carbocycles. The van der Waals surface area contributed by atoms with Crippen LogP contribution in [0.5, 0.6) is 0 Å². The Morgan fingerprint density at radius 2 is 2.04 bits per heavy atom. The Balaban J connectivity index is 1.32. The van der Waals surface area contributed by atoms with Crippen molar-refractivity contribution in [3.05, 3.63) is 54.1 Å². The van der Waals surface area contributed by atoms with Crippen molar-refractivity contribution in [2.75, 3.05) is 19.6 Å². The van der Waals surface area contributed by atoms with Crippen molar-refractivity contribution in [3.63, 3.8) is 0 Å². The Bertz CT molecular complexity index is 985. The van der Waals surface area contributed by atoms with Gasteiger partial charge in [0.25, 0.3) is 5.91 Å². The number of piperazine rings is 1. The minimum atomic E-state index is -0.0288. The molecule has 2 N–H and O–H groups in total. The zero-order valence-electron chi connectivity index (χ0n) is 15.9. The molecule has 2 fully saturated rings. The van der Waals surface area contributed by atoms with Crippen LogP contribution in [0.25, 0.3) is 17.1 Å². The summed E-state index contributed by atoms with van der Waals surface area (Å²) in [5.41, 5.74) is 3.74. The summed E-state index contributed by atoms with van der Waals surface area (Å²) in [6, 6.07) is 8.89. The molecule has 1 atom stereocenters. The van der Waals surface area contributed by atoms with E-state index in [2.05, 4.69) is 51.6 Å². The van der Waals surface area contributed by atoms with Gasteiger partial charge in [-0.15, -0.1) is 0 Å². The van der Waals surface area contributed by atoms with Crippen LogP contribution in [-0.4, -0.2) is 56.2 Å². The van der Waals surface area contributed by atoms with Crippen LogP contribution in [0.2, 0.25) is 0 Å². The number of rotatable bonds is 4. The Labute approximate surface area is 163 Å². The zero-order valence-corrected chi connectivity index (χ0v) is 15.9. The number of aromatic nitrogens is 4. The van der Waals surface area contributed by atoms with Gasteiger partial charge in [0.2, 0.25) is 0 Å². The van der Waals surface area contributed by atoms with Crippen molar-refractivity contribution in [1.82, 2.24) is 30.0 Å². The lowest BCUT2D eigenvalue weighted by molar-refractivity contribution is 0.0704. The van der Waals surface area contributed by atoms with Crippen LogP contribution in [0.15, 0.2) is 42.9 Å². The Morgan fingerprint density at radius 1 is 1.21 bits per heavy atom. The van der Waals surface area contributed by atoms with Crippen LogP contribution in [0.3, 0.4) is 0 Å². The van der Waals surface area contributed by atoms with E-state index in [1.807, 2.05) is 15.8 Å². The van der Waals surface area contributed by atoms with Gasteiger partial charge in [-0.1, -0.05) is 12.1 Å². The van der Waals surface area contributed by atoms with Gasteiger partial charge in [-0.25, -0.2) is 9.67 Å². The average Bonchev–Trinajstić information content (AvgIpc) is 3.25. The molecule has 0 bridgehead atoms. The molecule has 1 aliphatic heterocycles. The number of carbonyl (C=O) groups excluding carboxylic acids is 1. The number of aromatic amines is 1. The van der Waals surface area contributed by atoms with Gasteiger partial charge in [0, 0.05) is 38.1 Å². The standard InChI is InChI=1S/C21H24N6O/c1-14-12-26(9-8-22-14)21(28)19-11-23-20(25-19)17-10-24-27(13-17)18-6-4-16(5-7-18)15-2-3-15/h4-7,10-11,13-15,22H,2-3,8-9,12H2,1H3,(H,23,25)/t14-/m0/s1. The first-order chi connectivity index (χ1) is 13.7. The molecule has 7 heteroatoms. The number of amides is 1. The third-order valence-corrected chi connectivity index (χ3v) is 5.52. The highest BCUT2D eigenvalue weighted by molar-refractivity contribution is 5.92. The number of H-pyrrole nitrogens is 1. The SMILES string of the molecule is C[C@H]1CN(C(=O)c2c[nH]c(-c3cnn(-c4ccc(C5CC5)cc4)c3)n2)CCN1. The molecule has 2 aliphatic rings. The highest BCUT2D eigenvalue weighted by Crippen LogP contribution is 2.40. The third-order valence-electron chi connectivity index (χ3n) is 5.52. The van der Waals surface area contributed by atoms with E-state index in [1.54, 1.807) is 12.4 Å². The van der Waals surface area contributed by atoms with E-state index in [1.165, 1.54) is 18.4 Å². The fourth-order valence-electron chi connectivity index (χ4n) is 3.76. The van der Waals surface area contributed by atoms with E-state index in [0.717, 1.165) is 23.7 Å². The van der Waals surface area contributed by atoms with E-state index in [9.17, 15) is 4.79 Å². The molecule has 144 valence electrons. The second-order valence-electron chi connectivity index (χ2n) is 7.78. The van der Waals surface area contributed by atoms with Gasteiger partial charge in [-0.2, -0.15) is 5.10 Å². The van der Waals surface area contributed by atoms with E-state index >= 15 is 0 Å². The van der Waals surface area contributed by atoms with Crippen LogP contribution in [0.1, 0.15) is 41.7 Å². The second-order valence-corrected chi connectivity index (χ2v) is 7.78. The van der Waals surface area contributed by atoms with Crippen molar-refractivity contribution in [2.45, 2.75) is 31.7 Å². The monoisotopic (exact) mass is 376 g/mol. The predicted octanol–water partition coefficient (Wildman–Crippen LogP) is 2.57. The normalized spacial score (nSPS) is 19.8. The number of nitrogens with one attached hydrogen (secondary N) is 2. The summed E-state index contributed by atoms with van der Waals surface area (Å²) in [5.74, 6) is 1.38. The van der Waals surface area contributed by atoms with Gasteiger partial charge >= 0.3 is 0 Å². The first-order valence-electron chi connectivity index (χ1n) is 9.91. The summed E-state index contributed by atoms with van der Waals surface area (Å²) in [7, 11) is 0. The summed E-state index contributed by atoms with van der Waals surface area (Å²) < 4.78 is 1.84. The number of nitrogens with zero attached hydrogens (tertiary/aromatic N) is 4. The van der Waals surface area contributed by atoms with E-state index in [4.69, 9.17) is 0 Å². The predicted molar refractivity (Wildman–Crippen MR) is 106 cm³/mol. The quantitative estimate of drug-likeness (QED) is 0.734. The molecular weight excluding hydrogens is 352 g/mol. The van der Waals surface area contributed by atoms with Crippen molar-refractivity contribution in [3.8, 4) is 17.1 Å². The molecule has 0 unspecified atom stereocenters. The molecular formula is C21H24N6O. The smallest absolute Gasteiger partial charge is 0.274 e. The number of carbonyl (C=O) groups is 1. The van der Waals surface area contributed by atoms with E-state index in [0.29, 0.717) is 30.6 Å². The van der Waals surface area contributed by atoms with Gasteiger partial charge in [-0.3, -0.25) is 4.79 Å². The molecule has 1 saturated carbocycles. The molecule has 5 rings (SSSR count). The van der Waals surface area contributed by atoms with Gasteiger partial charge in [0.1, 0.15) is 11.5 Å². The fraction of sp³-hybridized carbons (Fsp3) is 0.381. The molecule has 3 heterocycles. The van der Waals surface area contributed by atoms with Crippen molar-refractivity contribution < 1.29 is 4.79 Å². The van der Waals surface area contributed by atoms with Gasteiger partial charge in [0.05, 0.1) is 17.4 Å². The molecule has 1 aromatic carbocycles. The molecule has 0 spiro atoms. The summed E-state index contributed by atoms with van der Waals surface area (Å²) in [6.45, 7) is 4.31. The van der Waals surface area contributed by atoms with Crippen molar-refractivity contribution in [1.29, 1.82) is 0 Å². The highest BCUT2D eigenvalue weighted by atomic mass is 16.2. The first kappa shape index (κ1) is 17.2. The molecule has 2 aromatic heterocycles. The maximum absolute atomic E-state index is 12.7. The van der Waals surface area contributed by atoms with Crippen LogP contribution in [0, 0.1) is 0 Å². The second kappa shape index (κ2) is 6.91. The summed E-state index contributed by atoms with van der Waals surface area (Å²) in [5, 5.41) is 7.81. The Morgan fingerprint density at radius 3 is 2.79 bits per heavy atom. The number of hydrogen-bond donors (Lipinski definition) is 2. The molecule has 28 heavy (non-hydrogen) atoms. The lowest BCUT2D eigenvalue weighted by Gasteiger charge is -2.31. The van der Waals surface area contributed by atoms with Crippen molar-refractivity contribution in [2.24, 2.45) is 0 Å². The lowest BCUT2D eigenvalue weighted by Crippen LogP contribution is -2.51. The minimum Gasteiger partial charge on any atom is -0.344 e. The van der Waals surface area contributed by atoms with E-state index in [-0.39, 0.29) is 5.91 Å². The van der Waals surface area contributed by atoms with Crippen molar-refractivity contribution >= 4 is 5.91 Å². The minimum absolute atomic E-state index is 0.0288. The number of benzene rings is 1. The molecule has 1 amide bonds. The van der Waals surface area contributed by atoms with Crippen LogP contribution >= 0.6 is 0 Å². The largest absolute Gasteiger partial charge is 0.344 e. The fourth-order valence-corrected chi connectivity index (χ4v) is 3.76. The molecule has 3 aromatic rings. The summed E-state index contributed by atoms with van der Waals surface area (Å²) in [4.78, 5) is 22.2. The lowest BCUT2D eigenvalue weighted by atomic mass is 10.1. The molecule has 0 radical (unpaired) electrons. The number of hydrogen-bond acceptors (Lipinski definition) is 4. The number of imidazole rings is 1. The topological polar surface area (TPSA) is 78.8 Å². The maximum Gasteiger partial charge on any atom is 0.274 e. The van der Waals surface area contributed by atoms with Crippen LogP contribution < -0.4 is 5.32 Å². The summed E-state index contributed by atoms with van der Waals surface area (Å²) >= 11 is 0. The van der Waals surface area contributed by atoms with Gasteiger partial charge in [0.15, 0.2) is 0 Å². The first-order valence-corrected chi connectivity index (χ1v) is 9.91. The maximum atomic E-state index is 12.7. The third kappa shape index (κ3) is 3.33. The average molecular weight is 376 g/mol. The summed E-state index contributed by atoms with van der Waals surface area (Å²) in [6.07, 6.45) is 8.00. The zero-order chi connectivity index (χ0) is 19.1.